The first-order chi connectivity index (χ1) is 9.97. The number of nitrogens with one attached hydrogen (secondary N) is 2. The van der Waals surface area contributed by atoms with Gasteiger partial charge in [0.25, 0.3) is 0 Å². The maximum absolute atomic E-state index is 11.6. The highest BCUT2D eigenvalue weighted by Crippen LogP contribution is 2.19. The van der Waals surface area contributed by atoms with Crippen LogP contribution in [0.1, 0.15) is 20.8 Å². The molecular formula is C15H23N3O3. The number of hydrogen-bond acceptors (Lipinski definition) is 4. The summed E-state index contributed by atoms with van der Waals surface area (Å²) in [5, 5.41) is 5.03. The second kappa shape index (κ2) is 8.14. The average molecular weight is 293 g/mol. The Morgan fingerprint density at radius 3 is 2.33 bits per heavy atom. The van der Waals surface area contributed by atoms with Crippen LogP contribution < -0.4 is 15.5 Å². The summed E-state index contributed by atoms with van der Waals surface area (Å²) >= 11 is 0. The normalized spacial score (nSPS) is 10.1. The van der Waals surface area contributed by atoms with E-state index in [0.29, 0.717) is 11.7 Å². The highest BCUT2D eigenvalue weighted by molar-refractivity contribution is 5.93. The van der Waals surface area contributed by atoms with E-state index in [1.54, 1.807) is 0 Å². The summed E-state index contributed by atoms with van der Waals surface area (Å²) in [6, 6.07) is 8.03. The van der Waals surface area contributed by atoms with Gasteiger partial charge >= 0.3 is 6.09 Å². The molecular weight excluding hydrogens is 270 g/mol. The second-order valence-corrected chi connectivity index (χ2v) is 4.82. The van der Waals surface area contributed by atoms with Crippen LogP contribution in [0.2, 0.25) is 0 Å². The maximum Gasteiger partial charge on any atom is 0.407 e. The number of carbonyl (C=O) groups is 2. The third kappa shape index (κ3) is 5.33. The molecule has 116 valence electrons. The molecule has 0 fully saturated rings. The van der Waals surface area contributed by atoms with Crippen LogP contribution in [0.25, 0.3) is 0 Å². The second-order valence-electron chi connectivity index (χ2n) is 4.82. The van der Waals surface area contributed by atoms with Gasteiger partial charge in [0.15, 0.2) is 0 Å². The molecule has 0 aromatic heterocycles. The topological polar surface area (TPSA) is 70.7 Å². The van der Waals surface area contributed by atoms with Gasteiger partial charge in [-0.3, -0.25) is 4.79 Å². The van der Waals surface area contributed by atoms with E-state index in [4.69, 9.17) is 0 Å². The zero-order chi connectivity index (χ0) is 15.8. The maximum atomic E-state index is 11.6. The predicted molar refractivity (Wildman–Crippen MR) is 83.6 cm³/mol. The van der Waals surface area contributed by atoms with Crippen molar-refractivity contribution >= 4 is 23.4 Å². The van der Waals surface area contributed by atoms with Crippen molar-refractivity contribution in [1.82, 2.24) is 5.32 Å². The number of carbonyl (C=O) groups excluding carboxylic acids is 2. The van der Waals surface area contributed by atoms with Crippen LogP contribution in [-0.2, 0) is 9.53 Å². The Labute approximate surface area is 125 Å². The number of alkyl carbamates (subject to hydrolysis) is 1. The van der Waals surface area contributed by atoms with Gasteiger partial charge in [-0.2, -0.15) is 0 Å². The summed E-state index contributed by atoms with van der Waals surface area (Å²) in [7, 11) is 1.25. The minimum atomic E-state index is -0.629. The Morgan fingerprint density at radius 2 is 1.86 bits per heavy atom. The van der Waals surface area contributed by atoms with Crippen molar-refractivity contribution in [3.05, 3.63) is 24.3 Å². The van der Waals surface area contributed by atoms with E-state index in [1.165, 1.54) is 7.11 Å². The van der Waals surface area contributed by atoms with Crippen LogP contribution in [0.3, 0.4) is 0 Å². The Hall–Kier alpha value is -2.24. The molecule has 1 aromatic rings. The van der Waals surface area contributed by atoms with E-state index in [0.717, 1.165) is 12.2 Å². The summed E-state index contributed by atoms with van der Waals surface area (Å²) in [4.78, 5) is 24.7. The molecule has 0 aliphatic rings. The molecule has 0 unspecified atom stereocenters. The first-order valence-electron chi connectivity index (χ1n) is 6.96. The molecule has 0 atom stereocenters. The molecule has 1 aromatic carbocycles. The quantitative estimate of drug-likeness (QED) is 0.843. The van der Waals surface area contributed by atoms with Crippen molar-refractivity contribution in [3.63, 3.8) is 0 Å². The van der Waals surface area contributed by atoms with Gasteiger partial charge in [-0.05, 0) is 45.0 Å². The number of rotatable bonds is 6. The van der Waals surface area contributed by atoms with Crippen molar-refractivity contribution < 1.29 is 14.3 Å². The summed E-state index contributed by atoms with van der Waals surface area (Å²) < 4.78 is 4.39. The van der Waals surface area contributed by atoms with Crippen molar-refractivity contribution in [2.45, 2.75) is 26.8 Å². The van der Waals surface area contributed by atoms with Gasteiger partial charge in [-0.25, -0.2) is 4.79 Å². The van der Waals surface area contributed by atoms with Crippen molar-refractivity contribution in [1.29, 1.82) is 0 Å². The third-order valence-corrected chi connectivity index (χ3v) is 3.03. The molecule has 6 nitrogen and oxygen atoms in total. The molecule has 2 N–H and O–H groups in total. The number of hydrogen-bond donors (Lipinski definition) is 2. The fourth-order valence-corrected chi connectivity index (χ4v) is 2.01. The molecule has 0 heterocycles. The zero-order valence-corrected chi connectivity index (χ0v) is 13.0. The van der Waals surface area contributed by atoms with Gasteiger partial charge in [0, 0.05) is 24.0 Å². The number of nitrogens with zero attached hydrogens (tertiary/aromatic N) is 1. The molecule has 0 saturated heterocycles. The summed E-state index contributed by atoms with van der Waals surface area (Å²) in [5.41, 5.74) is 1.80. The van der Waals surface area contributed by atoms with E-state index < -0.39 is 6.09 Å². The third-order valence-electron chi connectivity index (χ3n) is 3.03. The minimum absolute atomic E-state index is 0.124. The fraction of sp³-hybridized carbons (Fsp3) is 0.467. The molecule has 1 rings (SSSR count). The Morgan fingerprint density at radius 1 is 1.24 bits per heavy atom. The van der Waals surface area contributed by atoms with Crippen molar-refractivity contribution in [3.8, 4) is 0 Å². The van der Waals surface area contributed by atoms with E-state index in [-0.39, 0.29) is 12.5 Å². The standard InChI is InChI=1S/C15H23N3O3/c1-5-18(11(2)3)13-8-6-12(7-9-13)17-14(19)10-16-15(20)21-4/h6-9,11H,5,10H2,1-4H3,(H,16,20)(H,17,19). The van der Waals surface area contributed by atoms with Gasteiger partial charge in [-0.1, -0.05) is 0 Å². The van der Waals surface area contributed by atoms with Gasteiger partial charge in [0.1, 0.15) is 6.54 Å². The van der Waals surface area contributed by atoms with Crippen LogP contribution in [-0.4, -0.2) is 38.2 Å². The molecule has 2 amide bonds. The largest absolute Gasteiger partial charge is 0.453 e. The molecule has 0 bridgehead atoms. The smallest absolute Gasteiger partial charge is 0.407 e. The molecule has 0 spiro atoms. The molecule has 6 heteroatoms. The van der Waals surface area contributed by atoms with Crippen LogP contribution in [0.4, 0.5) is 16.2 Å². The summed E-state index contributed by atoms with van der Waals surface area (Å²) in [6.45, 7) is 7.18. The van der Waals surface area contributed by atoms with E-state index in [1.807, 2.05) is 24.3 Å². The van der Waals surface area contributed by atoms with Crippen LogP contribution >= 0.6 is 0 Å². The number of benzene rings is 1. The molecule has 0 radical (unpaired) electrons. The van der Waals surface area contributed by atoms with Crippen LogP contribution in [0, 0.1) is 0 Å². The zero-order valence-electron chi connectivity index (χ0n) is 13.0. The van der Waals surface area contributed by atoms with Crippen molar-refractivity contribution in [2.75, 3.05) is 30.4 Å². The first-order valence-corrected chi connectivity index (χ1v) is 6.96. The highest BCUT2D eigenvalue weighted by Gasteiger charge is 2.09. The average Bonchev–Trinajstić information content (AvgIpc) is 2.47. The van der Waals surface area contributed by atoms with E-state index >= 15 is 0 Å². The van der Waals surface area contributed by atoms with Gasteiger partial charge in [0.2, 0.25) is 5.91 Å². The molecule has 0 aliphatic carbocycles. The fourth-order valence-electron chi connectivity index (χ4n) is 2.01. The first kappa shape index (κ1) is 16.8. The van der Waals surface area contributed by atoms with Crippen LogP contribution in [0.5, 0.6) is 0 Å². The minimum Gasteiger partial charge on any atom is -0.453 e. The monoisotopic (exact) mass is 293 g/mol. The number of ether oxygens (including phenoxy) is 1. The Balaban J connectivity index is 2.58. The summed E-state index contributed by atoms with van der Waals surface area (Å²) in [6.07, 6.45) is -0.629. The van der Waals surface area contributed by atoms with Gasteiger partial charge < -0.3 is 20.3 Å². The lowest BCUT2D eigenvalue weighted by atomic mass is 10.2. The van der Waals surface area contributed by atoms with E-state index in [9.17, 15) is 9.59 Å². The lowest BCUT2D eigenvalue weighted by Crippen LogP contribution is -2.32. The van der Waals surface area contributed by atoms with Gasteiger partial charge in [0.05, 0.1) is 7.11 Å². The molecule has 0 saturated carbocycles. The predicted octanol–water partition coefficient (Wildman–Crippen LogP) is 2.22. The highest BCUT2D eigenvalue weighted by atomic mass is 16.5. The SMILES string of the molecule is CCN(c1ccc(NC(=O)CNC(=O)OC)cc1)C(C)C. The van der Waals surface area contributed by atoms with Gasteiger partial charge in [-0.15, -0.1) is 0 Å². The molecule has 0 aliphatic heterocycles. The lowest BCUT2D eigenvalue weighted by molar-refractivity contribution is -0.115. The molecule has 21 heavy (non-hydrogen) atoms. The summed E-state index contributed by atoms with van der Waals surface area (Å²) in [5.74, 6) is -0.302. The van der Waals surface area contributed by atoms with Crippen LogP contribution in [0.15, 0.2) is 24.3 Å². The number of anilines is 2. The van der Waals surface area contributed by atoms with E-state index in [2.05, 4.69) is 41.0 Å². The Kier molecular flexibility index (Phi) is 6.52. The number of methoxy groups -OCH3 is 1. The number of amides is 2. The Bertz CT molecular complexity index is 472. The van der Waals surface area contributed by atoms with Crippen molar-refractivity contribution in [2.24, 2.45) is 0 Å². The lowest BCUT2D eigenvalue weighted by Gasteiger charge is -2.27.